The van der Waals surface area contributed by atoms with E-state index in [-0.39, 0.29) is 19.4 Å². The number of ether oxygens (including phenoxy) is 2. The van der Waals surface area contributed by atoms with Crippen molar-refractivity contribution in [1.82, 2.24) is 0 Å². The van der Waals surface area contributed by atoms with Crippen molar-refractivity contribution in [2.75, 3.05) is 13.2 Å². The lowest BCUT2D eigenvalue weighted by Gasteiger charge is -2.18. The third-order valence-electron chi connectivity index (χ3n) is 10.8. The molecule has 0 aromatic carbocycles. The van der Waals surface area contributed by atoms with E-state index in [0.717, 1.165) is 38.5 Å². The van der Waals surface area contributed by atoms with Crippen LogP contribution in [0, 0.1) is 0 Å². The zero-order chi connectivity index (χ0) is 41.1. The molecule has 0 aliphatic carbocycles. The van der Waals surface area contributed by atoms with Gasteiger partial charge in [0.2, 0.25) is 0 Å². The highest BCUT2D eigenvalue weighted by atomic mass is 31.2. The van der Waals surface area contributed by atoms with E-state index in [2.05, 4.69) is 30.5 Å². The van der Waals surface area contributed by atoms with E-state index in [4.69, 9.17) is 19.3 Å². The summed E-state index contributed by atoms with van der Waals surface area (Å²) in [5, 5.41) is 0. The Kier molecular flexibility index (Phi) is 42.4. The minimum atomic E-state index is -4.75. The van der Waals surface area contributed by atoms with Crippen molar-refractivity contribution in [2.45, 2.75) is 264 Å². The molecule has 332 valence electrons. The quantitative estimate of drug-likeness (QED) is 0.0270. The number of unbranched alkanes of at least 4 members (excludes halogenated alkanes) is 33. The van der Waals surface area contributed by atoms with Crippen molar-refractivity contribution < 1.29 is 37.9 Å². The molecular formula is C47H91O8P. The minimum Gasteiger partial charge on any atom is -0.462 e. The normalized spacial score (nSPS) is 12.4. The SMILES string of the molecule is CCCC/C=C/CCCCCCCCCCCC(=O)O[C@H](COC(=O)CCCCCCCCCCCCCCCCCCCCCCCCC)COP(=O)(O)O. The van der Waals surface area contributed by atoms with Gasteiger partial charge in [-0.05, 0) is 32.1 Å². The Labute approximate surface area is 346 Å². The van der Waals surface area contributed by atoms with Crippen LogP contribution >= 0.6 is 7.82 Å². The first kappa shape index (κ1) is 54.8. The molecule has 56 heavy (non-hydrogen) atoms. The average molecular weight is 815 g/mol. The maximum Gasteiger partial charge on any atom is 0.469 e. The summed E-state index contributed by atoms with van der Waals surface area (Å²) in [7, 11) is -4.75. The molecule has 0 aliphatic rings. The average Bonchev–Trinajstić information content (AvgIpc) is 3.17. The van der Waals surface area contributed by atoms with Gasteiger partial charge in [-0.15, -0.1) is 0 Å². The summed E-state index contributed by atoms with van der Waals surface area (Å²) in [6.07, 6.45) is 49.5. The molecule has 0 unspecified atom stereocenters. The van der Waals surface area contributed by atoms with Crippen LogP contribution in [0.4, 0.5) is 0 Å². The number of phosphoric acid groups is 1. The maximum absolute atomic E-state index is 12.4. The number of allylic oxidation sites excluding steroid dienone is 2. The summed E-state index contributed by atoms with van der Waals surface area (Å²) < 4.78 is 26.5. The molecular weight excluding hydrogens is 723 g/mol. The van der Waals surface area contributed by atoms with Gasteiger partial charge in [0.05, 0.1) is 6.61 Å². The molecule has 9 heteroatoms. The van der Waals surface area contributed by atoms with Gasteiger partial charge in [-0.2, -0.15) is 0 Å². The molecule has 0 saturated heterocycles. The molecule has 0 fully saturated rings. The summed E-state index contributed by atoms with van der Waals surface area (Å²) in [6, 6.07) is 0. The fourth-order valence-corrected chi connectivity index (χ4v) is 7.54. The van der Waals surface area contributed by atoms with Gasteiger partial charge in [-0.3, -0.25) is 14.1 Å². The largest absolute Gasteiger partial charge is 0.469 e. The Balaban J connectivity index is 3.76. The number of esters is 2. The summed E-state index contributed by atoms with van der Waals surface area (Å²) in [6.45, 7) is 3.70. The number of hydrogen-bond acceptors (Lipinski definition) is 6. The van der Waals surface area contributed by atoms with Crippen LogP contribution in [-0.2, 0) is 28.2 Å². The highest BCUT2D eigenvalue weighted by molar-refractivity contribution is 7.46. The van der Waals surface area contributed by atoms with Crippen LogP contribution in [-0.4, -0.2) is 41.0 Å². The summed E-state index contributed by atoms with van der Waals surface area (Å²) >= 11 is 0. The Morgan fingerprint density at radius 3 is 1.14 bits per heavy atom. The van der Waals surface area contributed by atoms with Crippen LogP contribution in [0.1, 0.15) is 258 Å². The number of phosphoric ester groups is 1. The first-order valence-corrected chi connectivity index (χ1v) is 25.5. The number of carbonyl (C=O) groups excluding carboxylic acids is 2. The molecule has 0 aromatic rings. The number of rotatable bonds is 45. The van der Waals surface area contributed by atoms with E-state index in [1.807, 2.05) is 0 Å². The molecule has 2 N–H and O–H groups in total. The van der Waals surface area contributed by atoms with Gasteiger partial charge < -0.3 is 19.3 Å². The van der Waals surface area contributed by atoms with Crippen molar-refractivity contribution in [1.29, 1.82) is 0 Å². The van der Waals surface area contributed by atoms with E-state index < -0.39 is 32.5 Å². The summed E-state index contributed by atoms with van der Waals surface area (Å²) in [4.78, 5) is 43.0. The molecule has 0 amide bonds. The molecule has 0 spiro atoms. The lowest BCUT2D eigenvalue weighted by atomic mass is 10.0. The fourth-order valence-electron chi connectivity index (χ4n) is 7.18. The van der Waals surface area contributed by atoms with Crippen LogP contribution in [0.5, 0.6) is 0 Å². The highest BCUT2D eigenvalue weighted by Gasteiger charge is 2.23. The molecule has 1 atom stereocenters. The van der Waals surface area contributed by atoms with E-state index in [0.29, 0.717) is 6.42 Å². The molecule has 0 saturated carbocycles. The molecule has 8 nitrogen and oxygen atoms in total. The van der Waals surface area contributed by atoms with Gasteiger partial charge >= 0.3 is 19.8 Å². The van der Waals surface area contributed by atoms with Crippen molar-refractivity contribution in [2.24, 2.45) is 0 Å². The Hall–Kier alpha value is -1.21. The van der Waals surface area contributed by atoms with Gasteiger partial charge in [0.25, 0.3) is 0 Å². The molecule has 0 rings (SSSR count). The first-order chi connectivity index (χ1) is 27.3. The Bertz CT molecular complexity index is 920. The van der Waals surface area contributed by atoms with Crippen LogP contribution in [0.2, 0.25) is 0 Å². The summed E-state index contributed by atoms with van der Waals surface area (Å²) in [5.41, 5.74) is 0. The Morgan fingerprint density at radius 2 is 0.768 bits per heavy atom. The van der Waals surface area contributed by atoms with Crippen LogP contribution in [0.15, 0.2) is 12.2 Å². The molecule has 0 aliphatic heterocycles. The first-order valence-electron chi connectivity index (χ1n) is 24.0. The van der Waals surface area contributed by atoms with Gasteiger partial charge in [0.1, 0.15) is 6.61 Å². The van der Waals surface area contributed by atoms with Crippen molar-refractivity contribution >= 4 is 19.8 Å². The number of carbonyl (C=O) groups is 2. The monoisotopic (exact) mass is 815 g/mol. The lowest BCUT2D eigenvalue weighted by Crippen LogP contribution is -2.29. The lowest BCUT2D eigenvalue weighted by molar-refractivity contribution is -0.161. The van der Waals surface area contributed by atoms with E-state index in [1.54, 1.807) is 0 Å². The van der Waals surface area contributed by atoms with Gasteiger partial charge in [-0.25, -0.2) is 4.57 Å². The van der Waals surface area contributed by atoms with E-state index in [1.165, 1.54) is 186 Å². The fraction of sp³-hybridized carbons (Fsp3) is 0.915. The van der Waals surface area contributed by atoms with E-state index >= 15 is 0 Å². The highest BCUT2D eigenvalue weighted by Crippen LogP contribution is 2.36. The summed E-state index contributed by atoms with van der Waals surface area (Å²) in [5.74, 6) is -0.871. The second-order valence-corrected chi connectivity index (χ2v) is 17.7. The van der Waals surface area contributed by atoms with Crippen LogP contribution < -0.4 is 0 Å². The molecule has 0 aromatic heterocycles. The van der Waals surface area contributed by atoms with Crippen molar-refractivity contribution in [3.05, 3.63) is 12.2 Å². The third kappa shape index (κ3) is 45.5. The van der Waals surface area contributed by atoms with E-state index in [9.17, 15) is 14.2 Å². The molecule has 0 bridgehead atoms. The topological polar surface area (TPSA) is 119 Å². The molecule has 0 heterocycles. The Morgan fingerprint density at radius 1 is 0.446 bits per heavy atom. The minimum absolute atomic E-state index is 0.214. The third-order valence-corrected chi connectivity index (χ3v) is 11.3. The second-order valence-electron chi connectivity index (χ2n) is 16.4. The standard InChI is InChI=1S/C47H91O8P/c1-3-5-7-9-11-13-15-17-19-20-21-22-23-24-25-26-28-29-31-33-35-37-39-41-46(48)53-43-45(44-54-56(50,51)52)55-47(49)42-40-38-36-34-32-30-27-18-16-14-12-10-8-6-4-2/h10,12,45H,3-9,11,13-44H2,1-2H3,(H2,50,51,52)/b12-10+/t45-/m1/s1. The second kappa shape index (κ2) is 43.4. The predicted molar refractivity (Wildman–Crippen MR) is 235 cm³/mol. The zero-order valence-electron chi connectivity index (χ0n) is 36.8. The molecule has 0 radical (unpaired) electrons. The van der Waals surface area contributed by atoms with Gasteiger partial charge in [0.15, 0.2) is 6.10 Å². The van der Waals surface area contributed by atoms with Crippen molar-refractivity contribution in [3.8, 4) is 0 Å². The predicted octanol–water partition coefficient (Wildman–Crippen LogP) is 15.0. The zero-order valence-corrected chi connectivity index (χ0v) is 37.7. The maximum atomic E-state index is 12.4. The van der Waals surface area contributed by atoms with Crippen LogP contribution in [0.25, 0.3) is 0 Å². The van der Waals surface area contributed by atoms with Gasteiger partial charge in [-0.1, -0.05) is 225 Å². The van der Waals surface area contributed by atoms with Crippen LogP contribution in [0.3, 0.4) is 0 Å². The number of hydrogen-bond donors (Lipinski definition) is 2. The van der Waals surface area contributed by atoms with Gasteiger partial charge in [0, 0.05) is 12.8 Å². The van der Waals surface area contributed by atoms with Crippen molar-refractivity contribution in [3.63, 3.8) is 0 Å². The smallest absolute Gasteiger partial charge is 0.462 e.